The van der Waals surface area contributed by atoms with Crippen molar-refractivity contribution in [3.63, 3.8) is 0 Å². The standard InChI is InChI=1S/C13H13N3O/c1-8-2-3-10-11(4-12(17)16-13(8)10)9-5-14-7-15-6-9/h4-8H,2-3H2,1H3,(H,16,17). The molecule has 86 valence electrons. The van der Waals surface area contributed by atoms with Crippen molar-refractivity contribution in [2.24, 2.45) is 0 Å². The van der Waals surface area contributed by atoms with Gasteiger partial charge in [0.1, 0.15) is 6.33 Å². The first-order valence-electron chi connectivity index (χ1n) is 5.74. The molecule has 0 aromatic carbocycles. The molecule has 3 rings (SSSR count). The van der Waals surface area contributed by atoms with E-state index in [9.17, 15) is 5.11 Å². The van der Waals surface area contributed by atoms with Crippen LogP contribution in [0.15, 0.2) is 24.8 Å². The van der Waals surface area contributed by atoms with E-state index in [4.69, 9.17) is 0 Å². The molecular weight excluding hydrogens is 214 g/mol. The summed E-state index contributed by atoms with van der Waals surface area (Å²) in [5, 5.41) is 9.70. The first kappa shape index (κ1) is 10.2. The average Bonchev–Trinajstić information content (AvgIpc) is 2.72. The molecular formula is C13H13N3O. The van der Waals surface area contributed by atoms with Crippen LogP contribution in [0.5, 0.6) is 5.88 Å². The van der Waals surface area contributed by atoms with E-state index < -0.39 is 0 Å². The largest absolute Gasteiger partial charge is 0.493 e. The fourth-order valence-electron chi connectivity index (χ4n) is 2.44. The Labute approximate surface area is 99.4 Å². The van der Waals surface area contributed by atoms with Gasteiger partial charge in [0.2, 0.25) is 5.88 Å². The topological polar surface area (TPSA) is 58.9 Å². The monoisotopic (exact) mass is 227 g/mol. The predicted octanol–water partition coefficient (Wildman–Crippen LogP) is 2.29. The summed E-state index contributed by atoms with van der Waals surface area (Å²) in [4.78, 5) is 12.3. The number of rotatable bonds is 1. The normalized spacial score (nSPS) is 18.1. The Hall–Kier alpha value is -1.97. The minimum atomic E-state index is 0.0800. The van der Waals surface area contributed by atoms with Gasteiger partial charge < -0.3 is 5.11 Å². The van der Waals surface area contributed by atoms with E-state index in [-0.39, 0.29) is 5.88 Å². The Kier molecular flexibility index (Phi) is 2.28. The van der Waals surface area contributed by atoms with Gasteiger partial charge in [-0.2, -0.15) is 0 Å². The van der Waals surface area contributed by atoms with Crippen molar-refractivity contribution in [1.82, 2.24) is 15.0 Å². The van der Waals surface area contributed by atoms with E-state index in [0.717, 1.165) is 29.7 Å². The highest BCUT2D eigenvalue weighted by atomic mass is 16.3. The van der Waals surface area contributed by atoms with Gasteiger partial charge in [-0.15, -0.1) is 0 Å². The number of fused-ring (bicyclic) bond motifs is 1. The maximum absolute atomic E-state index is 9.70. The summed E-state index contributed by atoms with van der Waals surface area (Å²) in [6.45, 7) is 2.14. The SMILES string of the molecule is CC1CCc2c(-c3cncnc3)cc(O)nc21. The highest BCUT2D eigenvalue weighted by Crippen LogP contribution is 2.38. The third kappa shape index (κ3) is 1.65. The van der Waals surface area contributed by atoms with E-state index in [1.54, 1.807) is 18.5 Å². The van der Waals surface area contributed by atoms with E-state index >= 15 is 0 Å². The van der Waals surface area contributed by atoms with Gasteiger partial charge in [-0.3, -0.25) is 0 Å². The summed E-state index contributed by atoms with van der Waals surface area (Å²) in [7, 11) is 0. The second-order valence-corrected chi connectivity index (χ2v) is 4.46. The lowest BCUT2D eigenvalue weighted by Gasteiger charge is -2.09. The van der Waals surface area contributed by atoms with Crippen LogP contribution < -0.4 is 0 Å². The van der Waals surface area contributed by atoms with Crippen LogP contribution in [0, 0.1) is 0 Å². The summed E-state index contributed by atoms with van der Waals surface area (Å²) in [6.07, 6.45) is 7.14. The van der Waals surface area contributed by atoms with Crippen molar-refractivity contribution in [2.75, 3.05) is 0 Å². The van der Waals surface area contributed by atoms with Gasteiger partial charge in [-0.05, 0) is 29.9 Å². The van der Waals surface area contributed by atoms with Gasteiger partial charge in [-0.1, -0.05) is 6.92 Å². The van der Waals surface area contributed by atoms with E-state index in [0.29, 0.717) is 5.92 Å². The van der Waals surface area contributed by atoms with Gasteiger partial charge in [0.25, 0.3) is 0 Å². The zero-order valence-corrected chi connectivity index (χ0v) is 9.59. The van der Waals surface area contributed by atoms with Crippen LogP contribution in [0.25, 0.3) is 11.1 Å². The third-order valence-corrected chi connectivity index (χ3v) is 3.31. The fraction of sp³-hybridized carbons (Fsp3) is 0.308. The second kappa shape index (κ2) is 3.80. The molecule has 1 N–H and O–H groups in total. The molecule has 2 aromatic rings. The lowest BCUT2D eigenvalue weighted by atomic mass is 10.0. The quantitative estimate of drug-likeness (QED) is 0.812. The molecule has 2 heterocycles. The predicted molar refractivity (Wildman–Crippen MR) is 63.7 cm³/mol. The molecule has 1 atom stereocenters. The molecule has 17 heavy (non-hydrogen) atoms. The van der Waals surface area contributed by atoms with E-state index in [1.807, 2.05) is 0 Å². The molecule has 0 spiro atoms. The third-order valence-electron chi connectivity index (χ3n) is 3.31. The zero-order valence-electron chi connectivity index (χ0n) is 9.59. The minimum absolute atomic E-state index is 0.0800. The number of nitrogens with zero attached hydrogens (tertiary/aromatic N) is 3. The maximum Gasteiger partial charge on any atom is 0.211 e. The summed E-state index contributed by atoms with van der Waals surface area (Å²) >= 11 is 0. The zero-order chi connectivity index (χ0) is 11.8. The van der Waals surface area contributed by atoms with Crippen LogP contribution in [0.1, 0.15) is 30.5 Å². The minimum Gasteiger partial charge on any atom is -0.493 e. The molecule has 0 fully saturated rings. The Balaban J connectivity index is 2.22. The summed E-state index contributed by atoms with van der Waals surface area (Å²) in [5.41, 5.74) is 4.20. The van der Waals surface area contributed by atoms with Crippen LogP contribution >= 0.6 is 0 Å². The molecule has 2 aromatic heterocycles. The number of aromatic nitrogens is 3. The first-order chi connectivity index (χ1) is 8.25. The van der Waals surface area contributed by atoms with Gasteiger partial charge in [0.05, 0.1) is 5.69 Å². The molecule has 0 aliphatic heterocycles. The number of aromatic hydroxyl groups is 1. The molecule has 0 saturated carbocycles. The Morgan fingerprint density at radius 3 is 2.82 bits per heavy atom. The summed E-state index contributed by atoms with van der Waals surface area (Å²) < 4.78 is 0. The van der Waals surface area contributed by atoms with Crippen molar-refractivity contribution in [2.45, 2.75) is 25.7 Å². The Bertz CT molecular complexity index is 554. The van der Waals surface area contributed by atoms with Gasteiger partial charge in [-0.25, -0.2) is 15.0 Å². The van der Waals surface area contributed by atoms with E-state index in [2.05, 4.69) is 21.9 Å². The molecule has 0 bridgehead atoms. The molecule has 0 radical (unpaired) electrons. The van der Waals surface area contributed by atoms with Crippen LogP contribution in [-0.2, 0) is 6.42 Å². The molecule has 1 aliphatic carbocycles. The van der Waals surface area contributed by atoms with Gasteiger partial charge in [0.15, 0.2) is 0 Å². The van der Waals surface area contributed by atoms with Gasteiger partial charge >= 0.3 is 0 Å². The number of hydrogen-bond donors (Lipinski definition) is 1. The van der Waals surface area contributed by atoms with Crippen LogP contribution in [0.2, 0.25) is 0 Å². The lowest BCUT2D eigenvalue weighted by molar-refractivity contribution is 0.450. The second-order valence-electron chi connectivity index (χ2n) is 4.46. The fourth-order valence-corrected chi connectivity index (χ4v) is 2.44. The smallest absolute Gasteiger partial charge is 0.211 e. The highest BCUT2D eigenvalue weighted by molar-refractivity contribution is 5.68. The van der Waals surface area contributed by atoms with Crippen molar-refractivity contribution in [3.05, 3.63) is 36.0 Å². The van der Waals surface area contributed by atoms with Crippen LogP contribution in [0.3, 0.4) is 0 Å². The van der Waals surface area contributed by atoms with Crippen LogP contribution in [0.4, 0.5) is 0 Å². The highest BCUT2D eigenvalue weighted by Gasteiger charge is 2.24. The summed E-state index contributed by atoms with van der Waals surface area (Å²) in [5.74, 6) is 0.497. The average molecular weight is 227 g/mol. The number of pyridine rings is 1. The molecule has 1 unspecified atom stereocenters. The molecule has 0 amide bonds. The van der Waals surface area contributed by atoms with Gasteiger partial charge in [0, 0.05) is 24.0 Å². The Morgan fingerprint density at radius 1 is 1.29 bits per heavy atom. The summed E-state index contributed by atoms with van der Waals surface area (Å²) in [6, 6.07) is 1.70. The van der Waals surface area contributed by atoms with Crippen LogP contribution in [-0.4, -0.2) is 20.1 Å². The molecule has 4 nitrogen and oxygen atoms in total. The van der Waals surface area contributed by atoms with Crippen molar-refractivity contribution < 1.29 is 5.11 Å². The first-order valence-corrected chi connectivity index (χ1v) is 5.74. The van der Waals surface area contributed by atoms with Crippen molar-refractivity contribution in [1.29, 1.82) is 0 Å². The van der Waals surface area contributed by atoms with E-state index in [1.165, 1.54) is 11.9 Å². The number of hydrogen-bond acceptors (Lipinski definition) is 4. The van der Waals surface area contributed by atoms with Crippen molar-refractivity contribution >= 4 is 0 Å². The molecule has 0 saturated heterocycles. The lowest BCUT2D eigenvalue weighted by Crippen LogP contribution is -1.95. The molecule has 4 heteroatoms. The maximum atomic E-state index is 9.70. The van der Waals surface area contributed by atoms with Crippen molar-refractivity contribution in [3.8, 4) is 17.0 Å². The molecule has 1 aliphatic rings. The Morgan fingerprint density at radius 2 is 2.06 bits per heavy atom.